The van der Waals surface area contributed by atoms with Gasteiger partial charge < -0.3 is 15.2 Å². The van der Waals surface area contributed by atoms with Crippen molar-refractivity contribution in [2.75, 3.05) is 27.4 Å². The van der Waals surface area contributed by atoms with Gasteiger partial charge >= 0.3 is 0 Å². The summed E-state index contributed by atoms with van der Waals surface area (Å²) in [6.07, 6.45) is 1.62. The van der Waals surface area contributed by atoms with E-state index in [-0.39, 0.29) is 6.42 Å². The number of hydrogen-bond acceptors (Lipinski definition) is 5. The first-order valence-corrected chi connectivity index (χ1v) is 5.86. The van der Waals surface area contributed by atoms with Gasteiger partial charge in [-0.25, -0.2) is 4.68 Å². The fourth-order valence-electron chi connectivity index (χ4n) is 1.68. The van der Waals surface area contributed by atoms with Crippen LogP contribution in [0.25, 0.3) is 0 Å². The fraction of sp³-hybridized carbons (Fsp3) is 0.727. The van der Waals surface area contributed by atoms with Crippen LogP contribution < -0.4 is 5.73 Å². The predicted molar refractivity (Wildman–Crippen MR) is 65.0 cm³/mol. The van der Waals surface area contributed by atoms with Gasteiger partial charge in [0.15, 0.2) is 0 Å². The van der Waals surface area contributed by atoms with Crippen molar-refractivity contribution in [2.45, 2.75) is 25.8 Å². The molecule has 0 spiro atoms. The average molecular weight is 256 g/mol. The van der Waals surface area contributed by atoms with Crippen LogP contribution >= 0.6 is 0 Å². The van der Waals surface area contributed by atoms with Crippen LogP contribution in [0.3, 0.4) is 0 Å². The van der Waals surface area contributed by atoms with Crippen LogP contribution in [0.4, 0.5) is 0 Å². The Morgan fingerprint density at radius 3 is 2.67 bits per heavy atom. The summed E-state index contributed by atoms with van der Waals surface area (Å²) in [4.78, 5) is 11.0. The SMILES string of the molecule is COCCCn1nnc(CC(N)=O)c1CCOC. The third-order valence-electron chi connectivity index (χ3n) is 2.52. The summed E-state index contributed by atoms with van der Waals surface area (Å²) in [5, 5.41) is 8.05. The van der Waals surface area contributed by atoms with Crippen molar-refractivity contribution in [1.29, 1.82) is 0 Å². The van der Waals surface area contributed by atoms with Gasteiger partial charge in [0.1, 0.15) is 0 Å². The Kier molecular flexibility index (Phi) is 6.31. The molecule has 102 valence electrons. The van der Waals surface area contributed by atoms with Crippen molar-refractivity contribution in [3.8, 4) is 0 Å². The van der Waals surface area contributed by atoms with E-state index in [1.54, 1.807) is 18.9 Å². The fourth-order valence-corrected chi connectivity index (χ4v) is 1.68. The molecule has 0 unspecified atom stereocenters. The zero-order chi connectivity index (χ0) is 13.4. The molecule has 1 rings (SSSR count). The Bertz CT molecular complexity index is 378. The summed E-state index contributed by atoms with van der Waals surface area (Å²) in [5.41, 5.74) is 6.73. The lowest BCUT2D eigenvalue weighted by Gasteiger charge is -2.07. The van der Waals surface area contributed by atoms with Crippen LogP contribution in [0, 0.1) is 0 Å². The molecule has 0 saturated carbocycles. The molecule has 1 aromatic rings. The summed E-state index contributed by atoms with van der Waals surface area (Å²) in [7, 11) is 3.29. The molecule has 18 heavy (non-hydrogen) atoms. The molecule has 7 nitrogen and oxygen atoms in total. The van der Waals surface area contributed by atoms with Gasteiger partial charge in [-0.05, 0) is 6.42 Å². The number of hydrogen-bond donors (Lipinski definition) is 1. The van der Waals surface area contributed by atoms with Crippen molar-refractivity contribution in [2.24, 2.45) is 5.73 Å². The molecule has 0 radical (unpaired) electrons. The first-order valence-electron chi connectivity index (χ1n) is 5.86. The molecule has 0 saturated heterocycles. The van der Waals surface area contributed by atoms with Gasteiger partial charge in [-0.2, -0.15) is 0 Å². The number of amides is 1. The Hall–Kier alpha value is -1.47. The lowest BCUT2D eigenvalue weighted by atomic mass is 10.2. The van der Waals surface area contributed by atoms with Gasteiger partial charge in [0, 0.05) is 33.8 Å². The predicted octanol–water partition coefficient (Wildman–Crippen LogP) is -0.469. The third kappa shape index (κ3) is 4.42. The number of aromatic nitrogens is 3. The molecule has 1 aromatic heterocycles. The number of carbonyl (C=O) groups is 1. The number of carbonyl (C=O) groups excluding carboxylic acids is 1. The van der Waals surface area contributed by atoms with E-state index in [2.05, 4.69) is 10.3 Å². The molecule has 0 aliphatic rings. The van der Waals surface area contributed by atoms with Crippen LogP contribution in [0.1, 0.15) is 17.8 Å². The van der Waals surface area contributed by atoms with Gasteiger partial charge in [-0.15, -0.1) is 5.10 Å². The first kappa shape index (κ1) is 14.6. The molecule has 0 aromatic carbocycles. The molecule has 1 heterocycles. The number of aryl methyl sites for hydroxylation is 1. The van der Waals surface area contributed by atoms with E-state index >= 15 is 0 Å². The second-order valence-electron chi connectivity index (χ2n) is 3.94. The highest BCUT2D eigenvalue weighted by molar-refractivity contribution is 5.76. The van der Waals surface area contributed by atoms with E-state index in [1.807, 2.05) is 0 Å². The zero-order valence-corrected chi connectivity index (χ0v) is 10.9. The van der Waals surface area contributed by atoms with Crippen LogP contribution in [-0.4, -0.2) is 48.3 Å². The first-order chi connectivity index (χ1) is 8.69. The van der Waals surface area contributed by atoms with E-state index in [9.17, 15) is 4.79 Å². The lowest BCUT2D eigenvalue weighted by molar-refractivity contribution is -0.117. The molecule has 0 atom stereocenters. The smallest absolute Gasteiger partial charge is 0.223 e. The molecular weight excluding hydrogens is 236 g/mol. The maximum Gasteiger partial charge on any atom is 0.223 e. The van der Waals surface area contributed by atoms with Crippen molar-refractivity contribution >= 4 is 5.91 Å². The van der Waals surface area contributed by atoms with E-state index in [0.29, 0.717) is 31.9 Å². The van der Waals surface area contributed by atoms with Crippen LogP contribution in [-0.2, 0) is 33.7 Å². The van der Waals surface area contributed by atoms with Crippen molar-refractivity contribution in [3.63, 3.8) is 0 Å². The van der Waals surface area contributed by atoms with E-state index in [1.165, 1.54) is 0 Å². The maximum atomic E-state index is 11.0. The largest absolute Gasteiger partial charge is 0.385 e. The standard InChI is InChI=1S/C11H20N4O3/c1-17-6-3-5-15-10(4-7-18-2)9(13-14-15)8-11(12)16/h3-8H2,1-2H3,(H2,12,16). The van der Waals surface area contributed by atoms with Crippen molar-refractivity contribution < 1.29 is 14.3 Å². The van der Waals surface area contributed by atoms with Gasteiger partial charge in [0.25, 0.3) is 0 Å². The molecule has 0 aliphatic carbocycles. The molecule has 0 fully saturated rings. The summed E-state index contributed by atoms with van der Waals surface area (Å²) in [6.45, 7) is 1.93. The minimum Gasteiger partial charge on any atom is -0.385 e. The number of ether oxygens (including phenoxy) is 2. The second kappa shape index (κ2) is 7.78. The Labute approximate surface area is 106 Å². The molecule has 1 amide bonds. The minimum atomic E-state index is -0.405. The lowest BCUT2D eigenvalue weighted by Crippen LogP contribution is -2.16. The van der Waals surface area contributed by atoms with Gasteiger partial charge in [-0.1, -0.05) is 5.21 Å². The van der Waals surface area contributed by atoms with Crippen LogP contribution in [0.5, 0.6) is 0 Å². The van der Waals surface area contributed by atoms with E-state index < -0.39 is 5.91 Å². The summed E-state index contributed by atoms with van der Waals surface area (Å²) < 4.78 is 11.8. The van der Waals surface area contributed by atoms with Crippen molar-refractivity contribution in [3.05, 3.63) is 11.4 Å². The normalized spacial score (nSPS) is 10.8. The molecule has 2 N–H and O–H groups in total. The summed E-state index contributed by atoms with van der Waals surface area (Å²) in [6, 6.07) is 0. The number of rotatable bonds is 9. The molecule has 0 bridgehead atoms. The average Bonchev–Trinajstić information content (AvgIpc) is 2.69. The monoisotopic (exact) mass is 256 g/mol. The van der Waals surface area contributed by atoms with Crippen LogP contribution in [0.15, 0.2) is 0 Å². The minimum absolute atomic E-state index is 0.114. The van der Waals surface area contributed by atoms with Gasteiger partial charge in [0.2, 0.25) is 5.91 Å². The molecule has 7 heteroatoms. The van der Waals surface area contributed by atoms with E-state index in [0.717, 1.165) is 12.1 Å². The Morgan fingerprint density at radius 1 is 1.33 bits per heavy atom. The number of primary amides is 1. The zero-order valence-electron chi connectivity index (χ0n) is 10.9. The maximum absolute atomic E-state index is 11.0. The highest BCUT2D eigenvalue weighted by Crippen LogP contribution is 2.08. The molecular formula is C11H20N4O3. The Balaban J connectivity index is 2.74. The highest BCUT2D eigenvalue weighted by Gasteiger charge is 2.14. The summed E-state index contributed by atoms with van der Waals surface area (Å²) >= 11 is 0. The topological polar surface area (TPSA) is 92.3 Å². The summed E-state index contributed by atoms with van der Waals surface area (Å²) in [5.74, 6) is -0.405. The Morgan fingerprint density at radius 2 is 2.06 bits per heavy atom. The van der Waals surface area contributed by atoms with Gasteiger partial charge in [-0.3, -0.25) is 4.79 Å². The second-order valence-corrected chi connectivity index (χ2v) is 3.94. The number of nitrogens with two attached hydrogens (primary N) is 1. The van der Waals surface area contributed by atoms with Crippen molar-refractivity contribution in [1.82, 2.24) is 15.0 Å². The quantitative estimate of drug-likeness (QED) is 0.603. The molecule has 0 aliphatic heterocycles. The highest BCUT2D eigenvalue weighted by atomic mass is 16.5. The third-order valence-corrected chi connectivity index (χ3v) is 2.52. The number of methoxy groups -OCH3 is 2. The van der Waals surface area contributed by atoms with E-state index in [4.69, 9.17) is 15.2 Å². The van der Waals surface area contributed by atoms with Gasteiger partial charge in [0.05, 0.1) is 24.4 Å². The van der Waals surface area contributed by atoms with Crippen LogP contribution in [0.2, 0.25) is 0 Å². The number of nitrogens with zero attached hydrogens (tertiary/aromatic N) is 3.